The fourth-order valence-corrected chi connectivity index (χ4v) is 3.16. The molecule has 1 aliphatic heterocycles. The van der Waals surface area contributed by atoms with Crippen molar-refractivity contribution < 1.29 is 14.3 Å². The number of H-pyrrole nitrogens is 1. The van der Waals surface area contributed by atoms with Crippen LogP contribution in [0, 0.1) is 0 Å². The maximum atomic E-state index is 12.2. The molecule has 0 radical (unpaired) electrons. The van der Waals surface area contributed by atoms with Crippen LogP contribution in [0.3, 0.4) is 0 Å². The molecule has 0 unspecified atom stereocenters. The summed E-state index contributed by atoms with van der Waals surface area (Å²) in [5, 5.41) is 0. The average Bonchev–Trinajstić information content (AvgIpc) is 3.23. The van der Waals surface area contributed by atoms with Crippen LogP contribution < -0.4 is 9.64 Å². The van der Waals surface area contributed by atoms with Crippen molar-refractivity contribution in [2.24, 2.45) is 0 Å². The Morgan fingerprint density at radius 2 is 2.12 bits per heavy atom. The Morgan fingerprint density at radius 3 is 2.92 bits per heavy atom. The average molecular weight is 337 g/mol. The molecule has 4 rings (SSSR count). The van der Waals surface area contributed by atoms with Gasteiger partial charge in [0.15, 0.2) is 0 Å². The van der Waals surface area contributed by atoms with Crippen LogP contribution >= 0.6 is 0 Å². The Kier molecular flexibility index (Phi) is 4.01. The highest BCUT2D eigenvalue weighted by Gasteiger charge is 2.34. The SMILES string of the molecule is CCOc1ccc(C[C@H]2COC(=O)N2c2ccc3nc[nH]c3c2)cc1. The number of rotatable bonds is 5. The van der Waals surface area contributed by atoms with Crippen LogP contribution in [0.4, 0.5) is 10.5 Å². The van der Waals surface area contributed by atoms with Crippen LogP contribution in [0.25, 0.3) is 11.0 Å². The van der Waals surface area contributed by atoms with E-state index in [0.717, 1.165) is 34.5 Å². The zero-order valence-electron chi connectivity index (χ0n) is 13.9. The highest BCUT2D eigenvalue weighted by molar-refractivity contribution is 5.93. The first kappa shape index (κ1) is 15.5. The molecule has 0 aliphatic carbocycles. The van der Waals surface area contributed by atoms with E-state index in [-0.39, 0.29) is 12.1 Å². The molecule has 1 aliphatic rings. The lowest BCUT2D eigenvalue weighted by molar-refractivity contribution is 0.178. The smallest absolute Gasteiger partial charge is 0.414 e. The number of nitrogens with one attached hydrogen (secondary N) is 1. The van der Waals surface area contributed by atoms with Crippen molar-refractivity contribution in [3.05, 3.63) is 54.4 Å². The number of carbonyl (C=O) groups is 1. The molecule has 0 bridgehead atoms. The number of anilines is 1. The third-order valence-electron chi connectivity index (χ3n) is 4.35. The molecule has 3 aromatic rings. The van der Waals surface area contributed by atoms with Crippen molar-refractivity contribution in [3.63, 3.8) is 0 Å². The van der Waals surface area contributed by atoms with Gasteiger partial charge in [-0.25, -0.2) is 9.78 Å². The molecular formula is C19H19N3O3. The van der Waals surface area contributed by atoms with E-state index < -0.39 is 0 Å². The summed E-state index contributed by atoms with van der Waals surface area (Å²) >= 11 is 0. The molecule has 0 saturated carbocycles. The summed E-state index contributed by atoms with van der Waals surface area (Å²) in [6.07, 6.45) is 2.06. The van der Waals surface area contributed by atoms with E-state index >= 15 is 0 Å². The van der Waals surface area contributed by atoms with E-state index in [1.54, 1.807) is 11.2 Å². The van der Waals surface area contributed by atoms with Crippen LogP contribution in [-0.4, -0.2) is 35.3 Å². The van der Waals surface area contributed by atoms with Crippen LogP contribution in [0.5, 0.6) is 5.75 Å². The fraction of sp³-hybridized carbons (Fsp3) is 0.263. The molecule has 1 amide bonds. The predicted octanol–water partition coefficient (Wildman–Crippen LogP) is 3.53. The van der Waals surface area contributed by atoms with Gasteiger partial charge in [0.25, 0.3) is 0 Å². The molecule has 2 heterocycles. The minimum Gasteiger partial charge on any atom is -0.494 e. The minimum atomic E-state index is -0.310. The standard InChI is InChI=1S/C19H19N3O3/c1-2-24-16-6-3-13(4-7-16)9-15-11-25-19(23)22(15)14-5-8-17-18(10-14)21-12-20-17/h3-8,10,12,15H,2,9,11H2,1H3,(H,20,21)/t15-/m0/s1. The van der Waals surface area contributed by atoms with Crippen molar-refractivity contribution in [2.45, 2.75) is 19.4 Å². The van der Waals surface area contributed by atoms with Gasteiger partial charge in [0.1, 0.15) is 12.4 Å². The fourth-order valence-electron chi connectivity index (χ4n) is 3.16. The quantitative estimate of drug-likeness (QED) is 0.773. The van der Waals surface area contributed by atoms with E-state index in [4.69, 9.17) is 9.47 Å². The largest absolute Gasteiger partial charge is 0.494 e. The first-order valence-corrected chi connectivity index (χ1v) is 8.35. The molecule has 25 heavy (non-hydrogen) atoms. The highest BCUT2D eigenvalue weighted by atomic mass is 16.6. The number of benzene rings is 2. The van der Waals surface area contributed by atoms with Gasteiger partial charge in [-0.2, -0.15) is 0 Å². The number of ether oxygens (including phenoxy) is 2. The van der Waals surface area contributed by atoms with Gasteiger partial charge >= 0.3 is 6.09 Å². The maximum absolute atomic E-state index is 12.2. The second-order valence-electron chi connectivity index (χ2n) is 5.99. The van der Waals surface area contributed by atoms with Gasteiger partial charge in [-0.3, -0.25) is 4.90 Å². The lowest BCUT2D eigenvalue weighted by Gasteiger charge is -2.21. The Balaban J connectivity index is 1.56. The Hall–Kier alpha value is -3.02. The number of aromatic nitrogens is 2. The van der Waals surface area contributed by atoms with Crippen molar-refractivity contribution in [2.75, 3.05) is 18.1 Å². The van der Waals surface area contributed by atoms with Gasteiger partial charge in [0.05, 0.1) is 30.0 Å². The monoisotopic (exact) mass is 337 g/mol. The third-order valence-corrected chi connectivity index (χ3v) is 4.35. The molecule has 1 aromatic heterocycles. The van der Waals surface area contributed by atoms with Crippen LogP contribution in [-0.2, 0) is 11.2 Å². The predicted molar refractivity (Wildman–Crippen MR) is 95.0 cm³/mol. The number of fused-ring (bicyclic) bond motifs is 1. The lowest BCUT2D eigenvalue weighted by Crippen LogP contribution is -2.35. The van der Waals surface area contributed by atoms with Crippen molar-refractivity contribution in [3.8, 4) is 5.75 Å². The summed E-state index contributed by atoms with van der Waals surface area (Å²) in [6.45, 7) is 2.99. The summed E-state index contributed by atoms with van der Waals surface area (Å²) in [6, 6.07) is 13.7. The summed E-state index contributed by atoms with van der Waals surface area (Å²) in [4.78, 5) is 21.3. The minimum absolute atomic E-state index is 0.0363. The Morgan fingerprint density at radius 1 is 1.28 bits per heavy atom. The molecule has 6 nitrogen and oxygen atoms in total. The number of nitrogens with zero attached hydrogens (tertiary/aromatic N) is 2. The summed E-state index contributed by atoms with van der Waals surface area (Å²) in [5.74, 6) is 0.853. The van der Waals surface area contributed by atoms with E-state index in [0.29, 0.717) is 13.2 Å². The number of aromatic amines is 1. The first-order chi connectivity index (χ1) is 12.2. The molecule has 1 atom stereocenters. The summed E-state index contributed by atoms with van der Waals surface area (Å²) in [5.41, 5.74) is 3.73. The van der Waals surface area contributed by atoms with E-state index in [2.05, 4.69) is 9.97 Å². The zero-order chi connectivity index (χ0) is 17.2. The van der Waals surface area contributed by atoms with Crippen molar-refractivity contribution in [1.29, 1.82) is 0 Å². The van der Waals surface area contributed by atoms with Gasteiger partial charge in [-0.1, -0.05) is 12.1 Å². The second kappa shape index (κ2) is 6.47. The normalized spacial score (nSPS) is 17.1. The van der Waals surface area contributed by atoms with Crippen LogP contribution in [0.1, 0.15) is 12.5 Å². The van der Waals surface area contributed by atoms with Crippen LogP contribution in [0.2, 0.25) is 0 Å². The number of hydrogen-bond donors (Lipinski definition) is 1. The van der Waals surface area contributed by atoms with E-state index in [1.165, 1.54) is 0 Å². The summed E-state index contributed by atoms with van der Waals surface area (Å²) in [7, 11) is 0. The van der Waals surface area contributed by atoms with Gasteiger partial charge in [-0.15, -0.1) is 0 Å². The highest BCUT2D eigenvalue weighted by Crippen LogP contribution is 2.28. The summed E-state index contributed by atoms with van der Waals surface area (Å²) < 4.78 is 10.8. The molecule has 1 fully saturated rings. The number of carbonyl (C=O) groups excluding carboxylic acids is 1. The first-order valence-electron chi connectivity index (χ1n) is 8.35. The molecule has 6 heteroatoms. The van der Waals surface area contributed by atoms with E-state index in [9.17, 15) is 4.79 Å². The van der Waals surface area contributed by atoms with Gasteiger partial charge in [0.2, 0.25) is 0 Å². The van der Waals surface area contributed by atoms with Crippen LogP contribution in [0.15, 0.2) is 48.8 Å². The molecule has 1 N–H and O–H groups in total. The molecule has 0 spiro atoms. The van der Waals surface area contributed by atoms with E-state index in [1.807, 2.05) is 49.4 Å². The Labute approximate surface area is 145 Å². The number of hydrogen-bond acceptors (Lipinski definition) is 4. The topological polar surface area (TPSA) is 67.5 Å². The van der Waals surface area contributed by atoms with Gasteiger partial charge in [-0.05, 0) is 49.2 Å². The molecule has 2 aromatic carbocycles. The molecule has 128 valence electrons. The lowest BCUT2D eigenvalue weighted by atomic mass is 10.1. The zero-order valence-corrected chi connectivity index (χ0v) is 13.9. The van der Waals surface area contributed by atoms with Gasteiger partial charge < -0.3 is 14.5 Å². The number of cyclic esters (lactones) is 1. The molecular weight excluding hydrogens is 318 g/mol. The maximum Gasteiger partial charge on any atom is 0.414 e. The Bertz CT molecular complexity index is 888. The third kappa shape index (κ3) is 3.03. The second-order valence-corrected chi connectivity index (χ2v) is 5.99. The van der Waals surface area contributed by atoms with Gasteiger partial charge in [0, 0.05) is 5.69 Å². The van der Waals surface area contributed by atoms with Crippen molar-refractivity contribution in [1.82, 2.24) is 9.97 Å². The molecule has 1 saturated heterocycles. The van der Waals surface area contributed by atoms with Crippen molar-refractivity contribution >= 4 is 22.8 Å². The number of amides is 1. The number of imidazole rings is 1.